The molecule has 1 aromatic rings. The van der Waals surface area contributed by atoms with E-state index < -0.39 is 0 Å². The molecule has 1 saturated carbocycles. The molecule has 1 fully saturated rings. The number of rotatable bonds is 7. The maximum atomic E-state index is 13.0. The highest BCUT2D eigenvalue weighted by Gasteiger charge is 2.22. The molecule has 18 heavy (non-hydrogen) atoms. The first-order chi connectivity index (χ1) is 8.69. The predicted octanol–water partition coefficient (Wildman–Crippen LogP) is 2.73. The van der Waals surface area contributed by atoms with Gasteiger partial charge in [0.1, 0.15) is 17.7 Å². The molecule has 1 N–H and O–H groups in total. The van der Waals surface area contributed by atoms with Crippen molar-refractivity contribution in [3.05, 3.63) is 28.5 Å². The molecule has 1 aliphatic carbocycles. The van der Waals surface area contributed by atoms with Gasteiger partial charge in [0.05, 0.1) is 11.1 Å². The van der Waals surface area contributed by atoms with Gasteiger partial charge in [0, 0.05) is 19.7 Å². The Kier molecular flexibility index (Phi) is 4.97. The molecule has 5 heteroatoms. The zero-order valence-electron chi connectivity index (χ0n) is 10.3. The molecule has 1 aromatic carbocycles. The molecule has 2 rings (SSSR count). The van der Waals surface area contributed by atoms with Gasteiger partial charge in [0.25, 0.3) is 0 Å². The summed E-state index contributed by atoms with van der Waals surface area (Å²) in [7, 11) is 1.65. The molecule has 0 bridgehead atoms. The predicted molar refractivity (Wildman–Crippen MR) is 71.4 cm³/mol. The Morgan fingerprint density at radius 3 is 2.89 bits per heavy atom. The summed E-state index contributed by atoms with van der Waals surface area (Å²) in [5.74, 6) is 0.352. The minimum absolute atomic E-state index is 0.0719. The van der Waals surface area contributed by atoms with Crippen molar-refractivity contribution in [2.45, 2.75) is 25.0 Å². The van der Waals surface area contributed by atoms with Gasteiger partial charge in [-0.3, -0.25) is 0 Å². The molecule has 0 radical (unpaired) electrons. The van der Waals surface area contributed by atoms with E-state index in [2.05, 4.69) is 21.2 Å². The molecule has 0 aromatic heterocycles. The molecule has 1 aliphatic rings. The fraction of sp³-hybridized carbons (Fsp3) is 0.538. The average Bonchev–Trinajstić information content (AvgIpc) is 3.13. The average molecular weight is 318 g/mol. The first-order valence-corrected chi connectivity index (χ1v) is 6.82. The van der Waals surface area contributed by atoms with Gasteiger partial charge in [-0.05, 0) is 47.0 Å². The zero-order valence-corrected chi connectivity index (χ0v) is 11.9. The molecular formula is C13H17BrFNO2. The molecular weight excluding hydrogens is 301 g/mol. The minimum atomic E-state index is -0.284. The Morgan fingerprint density at radius 2 is 2.28 bits per heavy atom. The summed E-state index contributed by atoms with van der Waals surface area (Å²) in [4.78, 5) is 0. The third-order valence-corrected chi connectivity index (χ3v) is 3.37. The van der Waals surface area contributed by atoms with Crippen LogP contribution in [0.25, 0.3) is 0 Å². The summed E-state index contributed by atoms with van der Waals surface area (Å²) in [6.07, 6.45) is 2.40. The van der Waals surface area contributed by atoms with Crippen LogP contribution in [0, 0.1) is 5.82 Å². The number of ether oxygens (including phenoxy) is 2. The van der Waals surface area contributed by atoms with E-state index in [0.717, 1.165) is 6.54 Å². The van der Waals surface area contributed by atoms with Gasteiger partial charge in [-0.2, -0.15) is 0 Å². The van der Waals surface area contributed by atoms with Gasteiger partial charge in [-0.25, -0.2) is 4.39 Å². The van der Waals surface area contributed by atoms with E-state index in [0.29, 0.717) is 22.9 Å². The van der Waals surface area contributed by atoms with E-state index >= 15 is 0 Å². The van der Waals surface area contributed by atoms with Crippen LogP contribution in [0.4, 0.5) is 4.39 Å². The Balaban J connectivity index is 1.92. The molecule has 0 heterocycles. The Morgan fingerprint density at radius 1 is 1.50 bits per heavy atom. The lowest BCUT2D eigenvalue weighted by molar-refractivity contribution is 0.0798. The lowest BCUT2D eigenvalue weighted by Gasteiger charge is -2.19. The largest absolute Gasteiger partial charge is 0.486 e. The molecule has 3 nitrogen and oxygen atoms in total. The smallest absolute Gasteiger partial charge is 0.134 e. The summed E-state index contributed by atoms with van der Waals surface area (Å²) < 4.78 is 24.5. The van der Waals surface area contributed by atoms with Crippen molar-refractivity contribution >= 4 is 15.9 Å². The van der Waals surface area contributed by atoms with Crippen LogP contribution in [0.3, 0.4) is 0 Å². The minimum Gasteiger partial charge on any atom is -0.486 e. The number of halogens is 2. The van der Waals surface area contributed by atoms with E-state index in [1.165, 1.54) is 25.0 Å². The molecule has 0 amide bonds. The van der Waals surface area contributed by atoms with Crippen LogP contribution < -0.4 is 10.1 Å². The van der Waals surface area contributed by atoms with Gasteiger partial charge < -0.3 is 14.8 Å². The van der Waals surface area contributed by atoms with Crippen LogP contribution in [0.15, 0.2) is 22.7 Å². The van der Waals surface area contributed by atoms with E-state index in [9.17, 15) is 4.39 Å². The van der Waals surface area contributed by atoms with Crippen molar-refractivity contribution < 1.29 is 13.9 Å². The van der Waals surface area contributed by atoms with Gasteiger partial charge in [0.2, 0.25) is 0 Å². The molecule has 1 atom stereocenters. The van der Waals surface area contributed by atoms with E-state index in [-0.39, 0.29) is 11.9 Å². The van der Waals surface area contributed by atoms with Gasteiger partial charge in [-0.1, -0.05) is 0 Å². The molecule has 100 valence electrons. The lowest BCUT2D eigenvalue weighted by Crippen LogP contribution is -2.36. The second-order valence-electron chi connectivity index (χ2n) is 4.45. The summed E-state index contributed by atoms with van der Waals surface area (Å²) in [6, 6.07) is 5.04. The SMILES string of the molecule is COCC(CNC1CC1)Oc1ccc(F)cc1Br. The Bertz CT molecular complexity index is 399. The first kappa shape index (κ1) is 13.8. The quantitative estimate of drug-likeness (QED) is 0.838. The van der Waals surface area contributed by atoms with E-state index in [4.69, 9.17) is 9.47 Å². The zero-order chi connectivity index (χ0) is 13.0. The Labute approximate surface area is 115 Å². The summed E-state index contributed by atoms with van der Waals surface area (Å²) >= 11 is 3.29. The second kappa shape index (κ2) is 6.50. The van der Waals surface area contributed by atoms with Crippen LogP contribution in [0.1, 0.15) is 12.8 Å². The standard InChI is InChI=1S/C13H17BrFNO2/c1-17-8-11(7-16-10-3-4-10)18-13-5-2-9(15)6-12(13)14/h2,5-6,10-11,16H,3-4,7-8H2,1H3. The molecule has 0 spiro atoms. The number of hydrogen-bond donors (Lipinski definition) is 1. The fourth-order valence-corrected chi connectivity index (χ4v) is 2.10. The highest BCUT2D eigenvalue weighted by molar-refractivity contribution is 9.10. The van der Waals surface area contributed by atoms with Gasteiger partial charge in [-0.15, -0.1) is 0 Å². The highest BCUT2D eigenvalue weighted by Crippen LogP contribution is 2.26. The normalized spacial score (nSPS) is 16.6. The van der Waals surface area contributed by atoms with Crippen molar-refractivity contribution in [2.75, 3.05) is 20.3 Å². The van der Waals surface area contributed by atoms with Crippen molar-refractivity contribution in [3.63, 3.8) is 0 Å². The maximum absolute atomic E-state index is 13.0. The highest BCUT2D eigenvalue weighted by atomic mass is 79.9. The van der Waals surface area contributed by atoms with E-state index in [1.807, 2.05) is 0 Å². The maximum Gasteiger partial charge on any atom is 0.134 e. The summed E-state index contributed by atoms with van der Waals surface area (Å²) in [5.41, 5.74) is 0. The van der Waals surface area contributed by atoms with Crippen LogP contribution in [0.5, 0.6) is 5.75 Å². The molecule has 1 unspecified atom stereocenters. The first-order valence-electron chi connectivity index (χ1n) is 6.03. The van der Waals surface area contributed by atoms with Crippen molar-refractivity contribution in [3.8, 4) is 5.75 Å². The second-order valence-corrected chi connectivity index (χ2v) is 5.31. The summed E-state index contributed by atoms with van der Waals surface area (Å²) in [5, 5.41) is 3.40. The van der Waals surface area contributed by atoms with Gasteiger partial charge in [0.15, 0.2) is 0 Å². The van der Waals surface area contributed by atoms with Crippen LogP contribution in [-0.2, 0) is 4.74 Å². The van der Waals surface area contributed by atoms with E-state index in [1.54, 1.807) is 13.2 Å². The molecule has 0 aliphatic heterocycles. The summed E-state index contributed by atoms with van der Waals surface area (Å²) in [6.45, 7) is 1.24. The van der Waals surface area contributed by atoms with Gasteiger partial charge >= 0.3 is 0 Å². The topological polar surface area (TPSA) is 30.5 Å². The van der Waals surface area contributed by atoms with Crippen LogP contribution in [0.2, 0.25) is 0 Å². The fourth-order valence-electron chi connectivity index (χ4n) is 1.66. The lowest BCUT2D eigenvalue weighted by atomic mass is 10.3. The Hall–Kier alpha value is -0.650. The monoisotopic (exact) mass is 317 g/mol. The molecule has 0 saturated heterocycles. The number of benzene rings is 1. The number of nitrogens with one attached hydrogen (secondary N) is 1. The van der Waals surface area contributed by atoms with Crippen molar-refractivity contribution in [2.24, 2.45) is 0 Å². The van der Waals surface area contributed by atoms with Crippen molar-refractivity contribution in [1.82, 2.24) is 5.32 Å². The number of methoxy groups -OCH3 is 1. The van der Waals surface area contributed by atoms with Crippen LogP contribution >= 0.6 is 15.9 Å². The third kappa shape index (κ3) is 4.23. The number of hydrogen-bond acceptors (Lipinski definition) is 3. The van der Waals surface area contributed by atoms with Crippen molar-refractivity contribution in [1.29, 1.82) is 0 Å². The third-order valence-electron chi connectivity index (χ3n) is 2.75. The van der Waals surface area contributed by atoms with Crippen LogP contribution in [-0.4, -0.2) is 32.4 Å².